The summed E-state index contributed by atoms with van der Waals surface area (Å²) in [5, 5.41) is 12.4. The number of nitrogens with one attached hydrogen (secondary N) is 1. The molecular formula is C21H20BrN5. The zero-order valence-electron chi connectivity index (χ0n) is 14.9. The summed E-state index contributed by atoms with van der Waals surface area (Å²) in [4.78, 5) is 4.90. The van der Waals surface area contributed by atoms with E-state index in [-0.39, 0.29) is 0 Å². The molecule has 1 saturated carbocycles. The molecule has 0 amide bonds. The van der Waals surface area contributed by atoms with Gasteiger partial charge < -0.3 is 5.32 Å². The van der Waals surface area contributed by atoms with Crippen LogP contribution < -0.4 is 5.32 Å². The lowest BCUT2D eigenvalue weighted by Gasteiger charge is -2.14. The Morgan fingerprint density at radius 1 is 1.07 bits per heavy atom. The number of benzene rings is 2. The van der Waals surface area contributed by atoms with Gasteiger partial charge in [-0.15, -0.1) is 10.2 Å². The molecule has 0 radical (unpaired) electrons. The molecule has 1 N–H and O–H groups in total. The molecule has 2 aliphatic rings. The van der Waals surface area contributed by atoms with Gasteiger partial charge in [0.2, 0.25) is 0 Å². The lowest BCUT2D eigenvalue weighted by molar-refractivity contribution is 0.611. The second-order valence-corrected chi connectivity index (χ2v) is 8.05. The van der Waals surface area contributed by atoms with Crippen LogP contribution in [-0.4, -0.2) is 27.0 Å². The number of hydrogen-bond donors (Lipinski definition) is 1. The molecule has 0 spiro atoms. The lowest BCUT2D eigenvalue weighted by Crippen LogP contribution is -2.20. The summed E-state index contributed by atoms with van der Waals surface area (Å²) >= 11 is 3.63. The molecule has 27 heavy (non-hydrogen) atoms. The van der Waals surface area contributed by atoms with Gasteiger partial charge in [-0.25, -0.2) is 0 Å². The molecule has 2 aromatic carbocycles. The van der Waals surface area contributed by atoms with Crippen LogP contribution in [-0.2, 0) is 13.1 Å². The highest BCUT2D eigenvalue weighted by atomic mass is 79.9. The SMILES string of the molecule is Brc1ccc2c(c1)-n1c(nnc1CNCC1CC1)CN=C2c1ccccc1. The Morgan fingerprint density at radius 2 is 1.93 bits per heavy atom. The molecular weight excluding hydrogens is 402 g/mol. The normalized spacial score (nSPS) is 15.7. The molecule has 3 aromatic rings. The highest BCUT2D eigenvalue weighted by molar-refractivity contribution is 9.10. The third-order valence-corrected chi connectivity index (χ3v) is 5.59. The van der Waals surface area contributed by atoms with Crippen molar-refractivity contribution in [2.75, 3.05) is 6.54 Å². The van der Waals surface area contributed by atoms with Crippen molar-refractivity contribution in [2.45, 2.75) is 25.9 Å². The molecule has 2 heterocycles. The lowest BCUT2D eigenvalue weighted by atomic mass is 10.0. The topological polar surface area (TPSA) is 55.1 Å². The monoisotopic (exact) mass is 421 g/mol. The summed E-state index contributed by atoms with van der Waals surface area (Å²) in [5.74, 6) is 2.66. The molecule has 1 aliphatic heterocycles. The van der Waals surface area contributed by atoms with Gasteiger partial charge in [0.15, 0.2) is 11.6 Å². The Hall–Kier alpha value is -2.31. The molecule has 1 fully saturated rings. The molecule has 0 atom stereocenters. The van der Waals surface area contributed by atoms with E-state index in [9.17, 15) is 0 Å². The maximum Gasteiger partial charge on any atom is 0.159 e. The molecule has 5 rings (SSSR count). The van der Waals surface area contributed by atoms with Crippen molar-refractivity contribution in [2.24, 2.45) is 10.9 Å². The van der Waals surface area contributed by atoms with Crippen LogP contribution in [0.2, 0.25) is 0 Å². The molecule has 1 aromatic heterocycles. The van der Waals surface area contributed by atoms with Gasteiger partial charge in [0, 0.05) is 15.6 Å². The largest absolute Gasteiger partial charge is 0.310 e. The first-order chi connectivity index (χ1) is 13.3. The van der Waals surface area contributed by atoms with E-state index in [0.717, 1.165) is 57.7 Å². The van der Waals surface area contributed by atoms with Crippen LogP contribution in [0.1, 0.15) is 35.6 Å². The highest BCUT2D eigenvalue weighted by Gasteiger charge is 2.24. The van der Waals surface area contributed by atoms with Gasteiger partial charge in [-0.1, -0.05) is 46.3 Å². The molecule has 0 unspecified atom stereocenters. The second-order valence-electron chi connectivity index (χ2n) is 7.13. The number of aliphatic imine (C=N–C) groups is 1. The quantitative estimate of drug-likeness (QED) is 0.679. The van der Waals surface area contributed by atoms with E-state index in [1.165, 1.54) is 12.8 Å². The van der Waals surface area contributed by atoms with Gasteiger partial charge in [-0.05, 0) is 43.5 Å². The maximum atomic E-state index is 4.90. The van der Waals surface area contributed by atoms with Crippen molar-refractivity contribution < 1.29 is 0 Å². The van der Waals surface area contributed by atoms with Crippen LogP contribution in [0.15, 0.2) is 58.0 Å². The summed E-state index contributed by atoms with van der Waals surface area (Å²) in [5.41, 5.74) is 4.30. The van der Waals surface area contributed by atoms with Gasteiger partial charge >= 0.3 is 0 Å². The Balaban J connectivity index is 1.58. The van der Waals surface area contributed by atoms with Gasteiger partial charge in [-0.3, -0.25) is 9.56 Å². The molecule has 1 aliphatic carbocycles. The standard InChI is InChI=1S/C21H20BrN5/c22-16-8-9-17-18(10-16)27-19(12-23-11-14-6-7-14)25-26-20(27)13-24-21(17)15-4-2-1-3-5-15/h1-5,8-10,14,23H,6-7,11-13H2. The Labute approximate surface area is 166 Å². The van der Waals surface area contributed by atoms with E-state index in [1.54, 1.807) is 0 Å². The third kappa shape index (κ3) is 3.35. The van der Waals surface area contributed by atoms with Crippen LogP contribution >= 0.6 is 15.9 Å². The minimum absolute atomic E-state index is 0.520. The average molecular weight is 422 g/mol. The van der Waals surface area contributed by atoms with Crippen molar-refractivity contribution in [3.8, 4) is 5.69 Å². The zero-order chi connectivity index (χ0) is 18.2. The summed E-state index contributed by atoms with van der Waals surface area (Å²) in [7, 11) is 0. The Bertz CT molecular complexity index is 1000. The summed E-state index contributed by atoms with van der Waals surface area (Å²) in [6.07, 6.45) is 2.68. The first kappa shape index (κ1) is 16.8. The summed E-state index contributed by atoms with van der Waals surface area (Å²) < 4.78 is 3.20. The molecule has 6 heteroatoms. The zero-order valence-corrected chi connectivity index (χ0v) is 16.5. The minimum Gasteiger partial charge on any atom is -0.310 e. The van der Waals surface area contributed by atoms with Crippen molar-refractivity contribution in [1.82, 2.24) is 20.1 Å². The predicted octanol–water partition coefficient (Wildman–Crippen LogP) is 3.88. The van der Waals surface area contributed by atoms with E-state index >= 15 is 0 Å². The van der Waals surface area contributed by atoms with Gasteiger partial charge in [0.1, 0.15) is 6.54 Å². The predicted molar refractivity (Wildman–Crippen MR) is 109 cm³/mol. The molecule has 5 nitrogen and oxygen atoms in total. The Kier molecular flexibility index (Phi) is 4.38. The maximum absolute atomic E-state index is 4.90. The fourth-order valence-electron chi connectivity index (χ4n) is 3.53. The fourth-order valence-corrected chi connectivity index (χ4v) is 3.88. The van der Waals surface area contributed by atoms with Crippen LogP contribution in [0, 0.1) is 5.92 Å². The van der Waals surface area contributed by atoms with Crippen molar-refractivity contribution in [3.05, 3.63) is 75.8 Å². The minimum atomic E-state index is 0.520. The Morgan fingerprint density at radius 3 is 2.74 bits per heavy atom. The first-order valence-corrected chi connectivity index (χ1v) is 10.1. The fraction of sp³-hybridized carbons (Fsp3) is 0.286. The van der Waals surface area contributed by atoms with E-state index in [2.05, 4.69) is 78.5 Å². The average Bonchev–Trinajstić information content (AvgIpc) is 3.45. The first-order valence-electron chi connectivity index (χ1n) is 9.33. The van der Waals surface area contributed by atoms with Gasteiger partial charge in [0.25, 0.3) is 0 Å². The number of hydrogen-bond acceptors (Lipinski definition) is 4. The van der Waals surface area contributed by atoms with E-state index in [0.29, 0.717) is 6.54 Å². The van der Waals surface area contributed by atoms with Crippen LogP contribution in [0.25, 0.3) is 5.69 Å². The number of fused-ring (bicyclic) bond motifs is 3. The number of aromatic nitrogens is 3. The van der Waals surface area contributed by atoms with Crippen molar-refractivity contribution in [1.29, 1.82) is 0 Å². The number of nitrogens with zero attached hydrogens (tertiary/aromatic N) is 4. The summed E-state index contributed by atoms with van der Waals surface area (Å²) in [6, 6.07) is 16.7. The highest BCUT2D eigenvalue weighted by Crippen LogP contribution is 2.29. The van der Waals surface area contributed by atoms with Crippen molar-refractivity contribution in [3.63, 3.8) is 0 Å². The van der Waals surface area contributed by atoms with Crippen molar-refractivity contribution >= 4 is 21.6 Å². The van der Waals surface area contributed by atoms with Crippen LogP contribution in [0.3, 0.4) is 0 Å². The number of rotatable bonds is 5. The summed E-state index contributed by atoms with van der Waals surface area (Å²) in [6.45, 7) is 2.29. The van der Waals surface area contributed by atoms with E-state index in [4.69, 9.17) is 4.99 Å². The van der Waals surface area contributed by atoms with E-state index in [1.807, 2.05) is 6.07 Å². The van der Waals surface area contributed by atoms with Gasteiger partial charge in [-0.2, -0.15) is 0 Å². The van der Waals surface area contributed by atoms with Gasteiger partial charge in [0.05, 0.1) is 17.9 Å². The molecule has 136 valence electrons. The van der Waals surface area contributed by atoms with E-state index < -0.39 is 0 Å². The van der Waals surface area contributed by atoms with Crippen LogP contribution in [0.5, 0.6) is 0 Å². The van der Waals surface area contributed by atoms with Crippen LogP contribution in [0.4, 0.5) is 0 Å². The number of halogens is 1. The smallest absolute Gasteiger partial charge is 0.159 e. The molecule has 0 bridgehead atoms. The second kappa shape index (κ2) is 7.02. The third-order valence-electron chi connectivity index (χ3n) is 5.09. The molecule has 0 saturated heterocycles.